The number of hydrogen-bond donors (Lipinski definition) is 2. The Hall–Kier alpha value is -2.08. The Morgan fingerprint density at radius 3 is 2.75 bits per heavy atom. The van der Waals surface area contributed by atoms with Crippen LogP contribution in [0.5, 0.6) is 5.75 Å². The number of imide groups is 1. The van der Waals surface area contributed by atoms with Gasteiger partial charge < -0.3 is 15.2 Å². The van der Waals surface area contributed by atoms with Gasteiger partial charge in [-0.3, -0.25) is 9.69 Å². The predicted octanol–water partition coefficient (Wildman–Crippen LogP) is 1.96. The van der Waals surface area contributed by atoms with Gasteiger partial charge in [0.05, 0.1) is 6.54 Å². The Bertz CT molecular complexity index is 588. The smallest absolute Gasteiger partial charge is 0.324 e. The third kappa shape index (κ3) is 4.71. The minimum atomic E-state index is -0.928. The summed E-state index contributed by atoms with van der Waals surface area (Å²) in [7, 11) is 0. The summed E-state index contributed by atoms with van der Waals surface area (Å²) in [6.07, 6.45) is 0.569. The lowest BCUT2D eigenvalue weighted by Crippen LogP contribution is -2.40. The van der Waals surface area contributed by atoms with E-state index in [2.05, 4.69) is 12.2 Å². The molecule has 1 aliphatic rings. The van der Waals surface area contributed by atoms with Gasteiger partial charge in [0.2, 0.25) is 0 Å². The molecule has 1 aromatic rings. The summed E-state index contributed by atoms with van der Waals surface area (Å²) in [6, 6.07) is 6.70. The van der Waals surface area contributed by atoms with Crippen molar-refractivity contribution in [1.82, 2.24) is 10.2 Å². The van der Waals surface area contributed by atoms with E-state index in [1.54, 1.807) is 0 Å². The summed E-state index contributed by atoms with van der Waals surface area (Å²) >= 11 is 0. The average molecular weight is 334 g/mol. The predicted molar refractivity (Wildman–Crippen MR) is 90.8 cm³/mol. The minimum absolute atomic E-state index is 0.0269. The number of nitrogens with one attached hydrogen (secondary N) is 1. The molecule has 2 rings (SSSR count). The third-order valence-electron chi connectivity index (χ3n) is 3.96. The highest BCUT2D eigenvalue weighted by molar-refractivity contribution is 6.04. The Morgan fingerprint density at radius 1 is 1.33 bits per heavy atom. The van der Waals surface area contributed by atoms with E-state index in [-0.39, 0.29) is 19.1 Å². The van der Waals surface area contributed by atoms with E-state index < -0.39 is 18.2 Å². The number of carbonyl (C=O) groups is 2. The van der Waals surface area contributed by atoms with Crippen molar-refractivity contribution in [1.29, 1.82) is 0 Å². The molecule has 0 saturated carbocycles. The van der Waals surface area contributed by atoms with Crippen LogP contribution in [0.25, 0.3) is 0 Å². The van der Waals surface area contributed by atoms with Crippen molar-refractivity contribution in [2.45, 2.75) is 45.8 Å². The Morgan fingerprint density at radius 2 is 2.08 bits per heavy atom. The highest BCUT2D eigenvalue weighted by Gasteiger charge is 2.38. The van der Waals surface area contributed by atoms with Gasteiger partial charge in [-0.05, 0) is 36.5 Å². The molecule has 3 amide bonds. The summed E-state index contributed by atoms with van der Waals surface area (Å²) in [5.74, 6) is 0.697. The third-order valence-corrected chi connectivity index (χ3v) is 3.96. The number of hydrogen-bond acceptors (Lipinski definition) is 4. The first-order valence-electron chi connectivity index (χ1n) is 8.42. The fourth-order valence-electron chi connectivity index (χ4n) is 2.69. The van der Waals surface area contributed by atoms with Gasteiger partial charge in [-0.2, -0.15) is 0 Å². The normalized spacial score (nSPS) is 18.9. The first-order valence-corrected chi connectivity index (χ1v) is 8.42. The SMILES string of the molecule is CCc1cccc(OCC(O)CN2C(=O)NC(CC(C)C)C2=O)c1. The van der Waals surface area contributed by atoms with Gasteiger partial charge in [0.1, 0.15) is 24.5 Å². The van der Waals surface area contributed by atoms with E-state index in [0.717, 1.165) is 16.9 Å². The molecule has 1 heterocycles. The number of ether oxygens (including phenoxy) is 1. The number of nitrogens with zero attached hydrogens (tertiary/aromatic N) is 1. The lowest BCUT2D eigenvalue weighted by molar-refractivity contribution is -0.128. The van der Waals surface area contributed by atoms with Gasteiger partial charge in [-0.25, -0.2) is 4.79 Å². The number of carbonyl (C=O) groups excluding carboxylic acids is 2. The Labute approximate surface area is 142 Å². The zero-order valence-corrected chi connectivity index (χ0v) is 14.5. The number of aryl methyl sites for hydroxylation is 1. The van der Waals surface area contributed by atoms with Crippen LogP contribution in [0.2, 0.25) is 0 Å². The van der Waals surface area contributed by atoms with Gasteiger partial charge in [0.25, 0.3) is 5.91 Å². The zero-order chi connectivity index (χ0) is 17.7. The molecule has 1 aliphatic heterocycles. The van der Waals surface area contributed by atoms with Crippen LogP contribution >= 0.6 is 0 Å². The fourth-order valence-corrected chi connectivity index (χ4v) is 2.69. The molecule has 6 nitrogen and oxygen atoms in total. The van der Waals surface area contributed by atoms with E-state index in [9.17, 15) is 14.7 Å². The van der Waals surface area contributed by atoms with Crippen LogP contribution in [-0.2, 0) is 11.2 Å². The van der Waals surface area contributed by atoms with Gasteiger partial charge >= 0.3 is 6.03 Å². The zero-order valence-electron chi connectivity index (χ0n) is 14.5. The molecule has 1 fully saturated rings. The second kappa shape index (κ2) is 8.15. The molecule has 1 saturated heterocycles. The van der Waals surface area contributed by atoms with Crippen LogP contribution < -0.4 is 10.1 Å². The molecule has 0 spiro atoms. The molecule has 1 aromatic carbocycles. The van der Waals surface area contributed by atoms with Crippen molar-refractivity contribution in [3.05, 3.63) is 29.8 Å². The summed E-state index contributed by atoms with van der Waals surface area (Å²) in [5.41, 5.74) is 1.15. The first-order chi connectivity index (χ1) is 11.4. The largest absolute Gasteiger partial charge is 0.491 e. The molecular weight excluding hydrogens is 308 g/mol. The minimum Gasteiger partial charge on any atom is -0.491 e. The lowest BCUT2D eigenvalue weighted by atomic mass is 10.0. The number of aliphatic hydroxyl groups is 1. The van der Waals surface area contributed by atoms with Crippen molar-refractivity contribution in [2.75, 3.05) is 13.2 Å². The molecule has 24 heavy (non-hydrogen) atoms. The number of aliphatic hydroxyl groups excluding tert-OH is 1. The molecule has 2 N–H and O–H groups in total. The van der Waals surface area contributed by atoms with Crippen LogP contribution in [0.3, 0.4) is 0 Å². The Balaban J connectivity index is 1.86. The van der Waals surface area contributed by atoms with E-state index in [1.807, 2.05) is 38.1 Å². The highest BCUT2D eigenvalue weighted by Crippen LogP contribution is 2.16. The van der Waals surface area contributed by atoms with Gasteiger partial charge in [0, 0.05) is 0 Å². The summed E-state index contributed by atoms with van der Waals surface area (Å²) in [5, 5.41) is 12.8. The molecule has 0 aliphatic carbocycles. The average Bonchev–Trinajstić information content (AvgIpc) is 2.80. The summed E-state index contributed by atoms with van der Waals surface area (Å²) in [6.45, 7) is 6.01. The fraction of sp³-hybridized carbons (Fsp3) is 0.556. The summed E-state index contributed by atoms with van der Waals surface area (Å²) < 4.78 is 5.56. The maximum absolute atomic E-state index is 12.2. The van der Waals surface area contributed by atoms with Crippen molar-refractivity contribution in [3.63, 3.8) is 0 Å². The second-order valence-electron chi connectivity index (χ2n) is 6.55. The maximum atomic E-state index is 12.2. The number of amides is 3. The second-order valence-corrected chi connectivity index (χ2v) is 6.55. The number of benzene rings is 1. The topological polar surface area (TPSA) is 78.9 Å². The molecule has 0 radical (unpaired) electrons. The van der Waals surface area contributed by atoms with Crippen molar-refractivity contribution < 1.29 is 19.4 Å². The van der Waals surface area contributed by atoms with Gasteiger partial charge in [-0.1, -0.05) is 32.9 Å². The van der Waals surface area contributed by atoms with Crippen LogP contribution in [0, 0.1) is 5.92 Å². The number of urea groups is 1. The van der Waals surface area contributed by atoms with E-state index in [4.69, 9.17) is 4.74 Å². The molecule has 2 atom stereocenters. The molecule has 0 aromatic heterocycles. The van der Waals surface area contributed by atoms with Crippen molar-refractivity contribution in [3.8, 4) is 5.75 Å². The molecular formula is C18H26N2O4. The highest BCUT2D eigenvalue weighted by atomic mass is 16.5. The monoisotopic (exact) mass is 334 g/mol. The quantitative estimate of drug-likeness (QED) is 0.712. The van der Waals surface area contributed by atoms with Crippen LogP contribution in [0.15, 0.2) is 24.3 Å². The maximum Gasteiger partial charge on any atom is 0.324 e. The summed E-state index contributed by atoms with van der Waals surface area (Å²) in [4.78, 5) is 25.2. The molecule has 2 unspecified atom stereocenters. The van der Waals surface area contributed by atoms with Crippen LogP contribution in [0.4, 0.5) is 4.79 Å². The van der Waals surface area contributed by atoms with Crippen molar-refractivity contribution >= 4 is 11.9 Å². The van der Waals surface area contributed by atoms with E-state index in [0.29, 0.717) is 18.1 Å². The van der Waals surface area contributed by atoms with Crippen LogP contribution in [0.1, 0.15) is 32.8 Å². The number of rotatable bonds is 8. The number of β-amino-alcohol motifs (C(OH)–C–C–N with tert-alkyl or cyclic N) is 1. The standard InChI is InChI=1S/C18H26N2O4/c1-4-13-6-5-7-15(9-13)24-11-14(21)10-20-17(22)16(8-12(2)3)19-18(20)23/h5-7,9,12,14,16,21H,4,8,10-11H2,1-3H3,(H,19,23). The van der Waals surface area contributed by atoms with Crippen LogP contribution in [-0.4, -0.2) is 47.2 Å². The van der Waals surface area contributed by atoms with Crippen molar-refractivity contribution in [2.24, 2.45) is 5.92 Å². The Kier molecular flexibility index (Phi) is 6.20. The molecule has 0 bridgehead atoms. The lowest BCUT2D eigenvalue weighted by Gasteiger charge is -2.18. The van der Waals surface area contributed by atoms with Gasteiger partial charge in [0.15, 0.2) is 0 Å². The first kappa shape index (κ1) is 18.3. The molecule has 132 valence electrons. The van der Waals surface area contributed by atoms with E-state index in [1.165, 1.54) is 0 Å². The van der Waals surface area contributed by atoms with Gasteiger partial charge in [-0.15, -0.1) is 0 Å². The molecule has 6 heteroatoms. The van der Waals surface area contributed by atoms with E-state index >= 15 is 0 Å².